The van der Waals surface area contributed by atoms with Crippen molar-refractivity contribution in [2.45, 2.75) is 32.1 Å². The molecule has 21 heavy (non-hydrogen) atoms. The molecule has 0 radical (unpaired) electrons. The molecule has 0 amide bonds. The molecule has 0 aromatic carbocycles. The maximum Gasteiger partial charge on any atom is 0.234 e. The van der Waals surface area contributed by atoms with E-state index >= 15 is 0 Å². The second-order valence-corrected chi connectivity index (χ2v) is 6.18. The molecule has 0 aromatic heterocycles. The Bertz CT molecular complexity index is 516. The van der Waals surface area contributed by atoms with E-state index in [0.717, 1.165) is 32.1 Å². The predicted octanol–water partition coefficient (Wildman–Crippen LogP) is 1.81. The van der Waals surface area contributed by atoms with Crippen molar-refractivity contribution in [1.29, 1.82) is 0 Å². The van der Waals surface area contributed by atoms with Gasteiger partial charge in [-0.3, -0.25) is 0 Å². The van der Waals surface area contributed by atoms with Crippen LogP contribution in [0.4, 0.5) is 0 Å². The molecular weight excluding hydrogens is 270 g/mol. The van der Waals surface area contributed by atoms with Crippen LogP contribution in [0.1, 0.15) is 32.1 Å². The third-order valence-corrected chi connectivity index (χ3v) is 5.20. The Kier molecular flexibility index (Phi) is 5.35. The van der Waals surface area contributed by atoms with Crippen LogP contribution in [0.15, 0.2) is 15.0 Å². The van der Waals surface area contributed by atoms with Gasteiger partial charge in [0.2, 0.25) is 18.2 Å². The van der Waals surface area contributed by atoms with E-state index in [9.17, 15) is 14.4 Å². The fourth-order valence-corrected chi connectivity index (χ4v) is 4.37. The molecule has 6 heteroatoms. The standard InChI is InChI=1S/C15H19N3O3/c19-9-16-3-1-2-12-5-15(8-18-11-21)6-13(12)4-14(15)7-17-10-20/h12-14H,1-8H2. The summed E-state index contributed by atoms with van der Waals surface area (Å²) < 4.78 is 0. The van der Waals surface area contributed by atoms with E-state index in [1.807, 2.05) is 0 Å². The highest BCUT2D eigenvalue weighted by atomic mass is 16.1. The zero-order valence-corrected chi connectivity index (χ0v) is 12.0. The van der Waals surface area contributed by atoms with Crippen LogP contribution in [0.25, 0.3) is 0 Å². The summed E-state index contributed by atoms with van der Waals surface area (Å²) in [5, 5.41) is 0. The van der Waals surface area contributed by atoms with Crippen LogP contribution in [0, 0.1) is 23.2 Å². The Hall–Kier alpha value is -1.86. The smallest absolute Gasteiger partial charge is 0.211 e. The zero-order chi connectivity index (χ0) is 15.1. The molecule has 0 spiro atoms. The molecule has 2 saturated carbocycles. The summed E-state index contributed by atoms with van der Waals surface area (Å²) in [4.78, 5) is 42.0. The Labute approximate surface area is 123 Å². The Balaban J connectivity index is 2.00. The fraction of sp³-hybridized carbons (Fsp3) is 0.800. The lowest BCUT2D eigenvalue weighted by Gasteiger charge is -2.35. The summed E-state index contributed by atoms with van der Waals surface area (Å²) in [5.41, 5.74) is -0.0129. The first-order chi connectivity index (χ1) is 10.3. The molecule has 0 aliphatic heterocycles. The average molecular weight is 289 g/mol. The summed E-state index contributed by atoms with van der Waals surface area (Å²) >= 11 is 0. The maximum absolute atomic E-state index is 10.5. The molecule has 0 aromatic rings. The van der Waals surface area contributed by atoms with Gasteiger partial charge in [-0.15, -0.1) is 0 Å². The van der Waals surface area contributed by atoms with Crippen molar-refractivity contribution >= 4 is 18.2 Å². The van der Waals surface area contributed by atoms with Crippen LogP contribution in [-0.2, 0) is 14.4 Å². The van der Waals surface area contributed by atoms with Gasteiger partial charge in [0.25, 0.3) is 0 Å². The summed E-state index contributed by atoms with van der Waals surface area (Å²) in [6.07, 6.45) is 9.80. The van der Waals surface area contributed by atoms with Crippen molar-refractivity contribution in [2.24, 2.45) is 38.1 Å². The number of fused-ring (bicyclic) bond motifs is 2. The molecule has 6 nitrogen and oxygen atoms in total. The third-order valence-electron chi connectivity index (χ3n) is 5.20. The number of hydrogen-bond donors (Lipinski definition) is 0. The Morgan fingerprint density at radius 3 is 2.48 bits per heavy atom. The van der Waals surface area contributed by atoms with Crippen molar-refractivity contribution in [1.82, 2.24) is 0 Å². The fourth-order valence-electron chi connectivity index (χ4n) is 4.37. The topological polar surface area (TPSA) is 88.3 Å². The number of aliphatic imine (C=N–C) groups is 3. The first-order valence-electron chi connectivity index (χ1n) is 7.36. The Morgan fingerprint density at radius 1 is 1.00 bits per heavy atom. The minimum atomic E-state index is -0.0129. The molecule has 0 heterocycles. The van der Waals surface area contributed by atoms with Gasteiger partial charge in [-0.1, -0.05) is 0 Å². The molecule has 2 rings (SSSR count). The van der Waals surface area contributed by atoms with Crippen LogP contribution in [-0.4, -0.2) is 37.9 Å². The van der Waals surface area contributed by atoms with E-state index < -0.39 is 0 Å². The van der Waals surface area contributed by atoms with E-state index in [-0.39, 0.29) is 5.41 Å². The molecule has 2 fully saturated rings. The second-order valence-electron chi connectivity index (χ2n) is 6.18. The zero-order valence-electron chi connectivity index (χ0n) is 12.0. The van der Waals surface area contributed by atoms with E-state index in [1.165, 1.54) is 0 Å². The van der Waals surface area contributed by atoms with E-state index in [0.29, 0.717) is 37.4 Å². The number of rotatable bonds is 8. The molecule has 4 unspecified atom stereocenters. The molecule has 2 aliphatic carbocycles. The Morgan fingerprint density at radius 2 is 1.76 bits per heavy atom. The van der Waals surface area contributed by atoms with Crippen LogP contribution in [0.5, 0.6) is 0 Å². The monoisotopic (exact) mass is 289 g/mol. The van der Waals surface area contributed by atoms with Crippen molar-refractivity contribution in [3.63, 3.8) is 0 Å². The van der Waals surface area contributed by atoms with E-state index in [1.54, 1.807) is 18.2 Å². The molecule has 0 saturated heterocycles. The lowest BCUT2D eigenvalue weighted by molar-refractivity contribution is 0.159. The third kappa shape index (κ3) is 3.43. The van der Waals surface area contributed by atoms with Gasteiger partial charge in [-0.05, 0) is 55.3 Å². The summed E-state index contributed by atoms with van der Waals surface area (Å²) in [5.74, 6) is 1.49. The number of nitrogens with zero attached hydrogens (tertiary/aromatic N) is 3. The highest BCUT2D eigenvalue weighted by molar-refractivity contribution is 5.34. The quantitative estimate of drug-likeness (QED) is 0.388. The van der Waals surface area contributed by atoms with Crippen LogP contribution >= 0.6 is 0 Å². The maximum atomic E-state index is 10.5. The van der Waals surface area contributed by atoms with Gasteiger partial charge >= 0.3 is 0 Å². The van der Waals surface area contributed by atoms with Crippen LogP contribution in [0.3, 0.4) is 0 Å². The largest absolute Gasteiger partial charge is 0.234 e. The molecule has 112 valence electrons. The van der Waals surface area contributed by atoms with Crippen LogP contribution in [0.2, 0.25) is 0 Å². The first-order valence-corrected chi connectivity index (χ1v) is 7.36. The summed E-state index contributed by atoms with van der Waals surface area (Å²) in [6.45, 7) is 1.50. The van der Waals surface area contributed by atoms with Crippen molar-refractivity contribution < 1.29 is 14.4 Å². The normalized spacial score (nSPS) is 32.9. The van der Waals surface area contributed by atoms with E-state index in [4.69, 9.17) is 0 Å². The van der Waals surface area contributed by atoms with Crippen molar-refractivity contribution in [3.8, 4) is 0 Å². The first kappa shape index (κ1) is 15.5. The molecular formula is C15H19N3O3. The lowest BCUT2D eigenvalue weighted by Crippen LogP contribution is -2.33. The van der Waals surface area contributed by atoms with Gasteiger partial charge in [-0.2, -0.15) is 0 Å². The van der Waals surface area contributed by atoms with Crippen molar-refractivity contribution in [3.05, 3.63) is 0 Å². The summed E-state index contributed by atoms with van der Waals surface area (Å²) in [6, 6.07) is 0. The average Bonchev–Trinajstić information content (AvgIpc) is 3.02. The van der Waals surface area contributed by atoms with Gasteiger partial charge in [0.1, 0.15) is 0 Å². The molecule has 0 N–H and O–H groups in total. The predicted molar refractivity (Wildman–Crippen MR) is 75.0 cm³/mol. The number of isocyanates is 3. The van der Waals surface area contributed by atoms with Gasteiger partial charge in [-0.25, -0.2) is 29.4 Å². The number of hydrogen-bond acceptors (Lipinski definition) is 6. The minimum Gasteiger partial charge on any atom is -0.211 e. The second kappa shape index (κ2) is 7.24. The number of carbonyl (C=O) groups excluding carboxylic acids is 3. The SMILES string of the molecule is O=C=NCCCC1CC2(CN=C=O)CC1CC2CN=C=O. The summed E-state index contributed by atoms with van der Waals surface area (Å²) in [7, 11) is 0. The van der Waals surface area contributed by atoms with Gasteiger partial charge in [0, 0.05) is 0 Å². The van der Waals surface area contributed by atoms with E-state index in [2.05, 4.69) is 15.0 Å². The lowest BCUT2D eigenvalue weighted by atomic mass is 9.71. The van der Waals surface area contributed by atoms with Gasteiger partial charge < -0.3 is 0 Å². The van der Waals surface area contributed by atoms with Gasteiger partial charge in [0.15, 0.2) is 0 Å². The van der Waals surface area contributed by atoms with Gasteiger partial charge in [0.05, 0.1) is 19.6 Å². The van der Waals surface area contributed by atoms with Crippen molar-refractivity contribution in [2.75, 3.05) is 19.6 Å². The minimum absolute atomic E-state index is 0.0129. The molecule has 4 atom stereocenters. The highest BCUT2D eigenvalue weighted by Crippen LogP contribution is 2.61. The highest BCUT2D eigenvalue weighted by Gasteiger charge is 2.55. The molecule has 2 bridgehead atoms. The molecule has 2 aliphatic rings. The van der Waals surface area contributed by atoms with Crippen LogP contribution < -0.4 is 0 Å².